The fourth-order valence-electron chi connectivity index (χ4n) is 2.88. The first kappa shape index (κ1) is 22.3. The molecule has 0 bridgehead atoms. The standard InChI is InChI=1S/C22H21N3O4S2/c1-12-13(2)31-21(19(12)22(26)29-5)24-10-15(9-23)20-25-16(11-30-20)14-6-7-17(27-3)18(8-14)28-4/h6-8,10-11,24H,1-5H3/b15-10-. The predicted molar refractivity (Wildman–Crippen MR) is 123 cm³/mol. The topological polar surface area (TPSA) is 93.5 Å². The van der Waals surface area contributed by atoms with Gasteiger partial charge in [-0.15, -0.1) is 22.7 Å². The molecule has 3 rings (SSSR count). The van der Waals surface area contributed by atoms with E-state index in [-0.39, 0.29) is 0 Å². The SMILES string of the molecule is COC(=O)c1c(N/C=C(/C#N)c2nc(-c3ccc(OC)c(OC)c3)cs2)sc(C)c1C. The molecule has 1 aromatic carbocycles. The first-order valence-electron chi connectivity index (χ1n) is 9.16. The van der Waals surface area contributed by atoms with Gasteiger partial charge in [-0.3, -0.25) is 0 Å². The normalized spacial score (nSPS) is 11.0. The molecule has 0 aliphatic carbocycles. The van der Waals surface area contributed by atoms with Crippen molar-refractivity contribution < 1.29 is 19.0 Å². The number of anilines is 1. The van der Waals surface area contributed by atoms with Crippen molar-refractivity contribution in [1.29, 1.82) is 5.26 Å². The molecule has 7 nitrogen and oxygen atoms in total. The van der Waals surface area contributed by atoms with Crippen LogP contribution in [0.1, 0.15) is 25.8 Å². The molecular weight excluding hydrogens is 434 g/mol. The van der Waals surface area contributed by atoms with Crippen LogP contribution in [0.4, 0.5) is 5.00 Å². The molecule has 0 aliphatic heterocycles. The number of allylic oxidation sites excluding steroid dienone is 1. The van der Waals surface area contributed by atoms with E-state index in [4.69, 9.17) is 14.2 Å². The van der Waals surface area contributed by atoms with Gasteiger partial charge in [0.1, 0.15) is 21.7 Å². The van der Waals surface area contributed by atoms with Crippen LogP contribution in [0.5, 0.6) is 11.5 Å². The van der Waals surface area contributed by atoms with Gasteiger partial charge >= 0.3 is 5.97 Å². The molecule has 0 unspecified atom stereocenters. The van der Waals surface area contributed by atoms with Crippen molar-refractivity contribution in [3.63, 3.8) is 0 Å². The number of benzene rings is 1. The van der Waals surface area contributed by atoms with E-state index in [0.29, 0.717) is 32.6 Å². The molecule has 31 heavy (non-hydrogen) atoms. The highest BCUT2D eigenvalue weighted by Crippen LogP contribution is 2.35. The van der Waals surface area contributed by atoms with Crippen LogP contribution in [-0.4, -0.2) is 32.3 Å². The van der Waals surface area contributed by atoms with Crippen molar-refractivity contribution in [1.82, 2.24) is 4.98 Å². The summed E-state index contributed by atoms with van der Waals surface area (Å²) in [5, 5.41) is 15.8. The van der Waals surface area contributed by atoms with Crippen LogP contribution in [0.3, 0.4) is 0 Å². The van der Waals surface area contributed by atoms with Crippen molar-refractivity contribution in [3.05, 3.63) is 50.8 Å². The Hall–Kier alpha value is -3.35. The van der Waals surface area contributed by atoms with Crippen LogP contribution in [0.25, 0.3) is 16.8 Å². The number of hydrogen-bond acceptors (Lipinski definition) is 9. The summed E-state index contributed by atoms with van der Waals surface area (Å²) >= 11 is 2.79. The van der Waals surface area contributed by atoms with E-state index in [1.807, 2.05) is 37.4 Å². The zero-order chi connectivity index (χ0) is 22.5. The summed E-state index contributed by atoms with van der Waals surface area (Å²) in [6, 6.07) is 7.70. The number of hydrogen-bond donors (Lipinski definition) is 1. The van der Waals surface area contributed by atoms with Gasteiger partial charge in [0.05, 0.1) is 32.6 Å². The van der Waals surface area contributed by atoms with Gasteiger partial charge in [0.15, 0.2) is 11.5 Å². The van der Waals surface area contributed by atoms with E-state index in [1.165, 1.54) is 29.8 Å². The molecule has 0 saturated carbocycles. The van der Waals surface area contributed by atoms with Crippen molar-refractivity contribution in [3.8, 4) is 28.8 Å². The summed E-state index contributed by atoms with van der Waals surface area (Å²) < 4.78 is 15.5. The van der Waals surface area contributed by atoms with Gasteiger partial charge in [-0.1, -0.05) is 0 Å². The Morgan fingerprint density at radius 2 is 1.94 bits per heavy atom. The fourth-order valence-corrected chi connectivity index (χ4v) is 4.69. The van der Waals surface area contributed by atoms with Gasteiger partial charge in [0.25, 0.3) is 0 Å². The van der Waals surface area contributed by atoms with Crippen LogP contribution in [0, 0.1) is 25.2 Å². The van der Waals surface area contributed by atoms with Gasteiger partial charge in [-0.25, -0.2) is 9.78 Å². The third-order valence-electron chi connectivity index (χ3n) is 4.66. The Kier molecular flexibility index (Phi) is 6.95. The average molecular weight is 456 g/mol. The molecule has 2 aromatic heterocycles. The molecule has 0 radical (unpaired) electrons. The summed E-state index contributed by atoms with van der Waals surface area (Å²) in [5.74, 6) is 0.818. The summed E-state index contributed by atoms with van der Waals surface area (Å²) in [5.41, 5.74) is 3.26. The number of aromatic nitrogens is 1. The van der Waals surface area contributed by atoms with Gasteiger partial charge in [0.2, 0.25) is 0 Å². The third-order valence-corrected chi connectivity index (χ3v) is 6.67. The van der Waals surface area contributed by atoms with Crippen molar-refractivity contribution in [2.24, 2.45) is 0 Å². The highest BCUT2D eigenvalue weighted by atomic mass is 32.1. The monoisotopic (exact) mass is 455 g/mol. The Labute approximate surface area is 188 Å². The molecule has 160 valence electrons. The zero-order valence-corrected chi connectivity index (χ0v) is 19.4. The van der Waals surface area contributed by atoms with Gasteiger partial charge in [-0.05, 0) is 37.6 Å². The lowest BCUT2D eigenvalue weighted by Crippen LogP contribution is -2.04. The van der Waals surface area contributed by atoms with Crippen molar-refractivity contribution in [2.75, 3.05) is 26.6 Å². The second-order valence-corrected chi connectivity index (χ2v) is 8.48. The summed E-state index contributed by atoms with van der Waals surface area (Å²) in [4.78, 5) is 17.7. The number of methoxy groups -OCH3 is 3. The Bertz CT molecular complexity index is 1190. The van der Waals surface area contributed by atoms with E-state index < -0.39 is 5.97 Å². The predicted octanol–water partition coefficient (Wildman–Crippen LogP) is 5.27. The molecule has 0 amide bonds. The number of aryl methyl sites for hydroxylation is 1. The van der Waals surface area contributed by atoms with E-state index >= 15 is 0 Å². The van der Waals surface area contributed by atoms with Crippen LogP contribution in [-0.2, 0) is 4.74 Å². The number of esters is 1. The van der Waals surface area contributed by atoms with Gasteiger partial charge in [-0.2, -0.15) is 5.26 Å². The Balaban J connectivity index is 1.90. The lowest BCUT2D eigenvalue weighted by Gasteiger charge is -2.08. The molecular formula is C22H21N3O4S2. The first-order valence-corrected chi connectivity index (χ1v) is 10.9. The number of rotatable bonds is 7. The molecule has 0 atom stereocenters. The van der Waals surface area contributed by atoms with Gasteiger partial charge in [0, 0.05) is 22.0 Å². The smallest absolute Gasteiger partial charge is 0.341 e. The van der Waals surface area contributed by atoms with Crippen molar-refractivity contribution >= 4 is 39.2 Å². The van der Waals surface area contributed by atoms with E-state index in [1.54, 1.807) is 20.4 Å². The summed E-state index contributed by atoms with van der Waals surface area (Å²) in [7, 11) is 4.50. The second kappa shape index (κ2) is 9.64. The van der Waals surface area contributed by atoms with Crippen molar-refractivity contribution in [2.45, 2.75) is 13.8 Å². The minimum absolute atomic E-state index is 0.358. The van der Waals surface area contributed by atoms with Gasteiger partial charge < -0.3 is 19.5 Å². The first-order chi connectivity index (χ1) is 14.9. The molecule has 9 heteroatoms. The molecule has 0 aliphatic rings. The maximum atomic E-state index is 12.1. The molecule has 0 fully saturated rings. The average Bonchev–Trinajstić information content (AvgIpc) is 3.38. The third kappa shape index (κ3) is 4.55. The molecule has 1 N–H and O–H groups in total. The molecule has 3 aromatic rings. The van der Waals surface area contributed by atoms with Crippen LogP contribution < -0.4 is 14.8 Å². The highest BCUT2D eigenvalue weighted by molar-refractivity contribution is 7.16. The number of thiophene rings is 1. The number of nitrogens with zero attached hydrogens (tertiary/aromatic N) is 2. The number of ether oxygens (including phenoxy) is 3. The van der Waals surface area contributed by atoms with E-state index in [2.05, 4.69) is 16.4 Å². The number of carbonyl (C=O) groups is 1. The molecule has 0 spiro atoms. The molecule has 2 heterocycles. The largest absolute Gasteiger partial charge is 0.493 e. The number of thiazole rings is 1. The minimum atomic E-state index is -0.416. The second-order valence-electron chi connectivity index (χ2n) is 6.40. The highest BCUT2D eigenvalue weighted by Gasteiger charge is 2.20. The van der Waals surface area contributed by atoms with E-state index in [9.17, 15) is 10.1 Å². The number of carbonyl (C=O) groups excluding carboxylic acids is 1. The lowest BCUT2D eigenvalue weighted by molar-refractivity contribution is 0.0601. The Morgan fingerprint density at radius 1 is 1.19 bits per heavy atom. The molecule has 0 saturated heterocycles. The van der Waals surface area contributed by atoms with Crippen LogP contribution >= 0.6 is 22.7 Å². The Morgan fingerprint density at radius 3 is 2.58 bits per heavy atom. The van der Waals surface area contributed by atoms with E-state index in [0.717, 1.165) is 21.7 Å². The maximum Gasteiger partial charge on any atom is 0.341 e. The maximum absolute atomic E-state index is 12.1. The fraction of sp³-hybridized carbons (Fsp3) is 0.227. The van der Waals surface area contributed by atoms with Crippen LogP contribution in [0.15, 0.2) is 29.8 Å². The lowest BCUT2D eigenvalue weighted by atomic mass is 10.1. The van der Waals surface area contributed by atoms with Crippen LogP contribution in [0.2, 0.25) is 0 Å². The quantitative estimate of drug-likeness (QED) is 0.383. The summed E-state index contributed by atoms with van der Waals surface area (Å²) in [6.07, 6.45) is 1.56. The number of nitriles is 1. The zero-order valence-electron chi connectivity index (χ0n) is 17.7. The summed E-state index contributed by atoms with van der Waals surface area (Å²) in [6.45, 7) is 3.80. The minimum Gasteiger partial charge on any atom is -0.493 e. The number of nitrogens with one attached hydrogen (secondary N) is 1.